The Morgan fingerprint density at radius 3 is 2.28 bits per heavy atom. The molecule has 1 aliphatic carbocycles. The third kappa shape index (κ3) is 5.07. The Morgan fingerprint density at radius 1 is 0.938 bits per heavy atom. The van der Waals surface area contributed by atoms with Crippen LogP contribution < -0.4 is 9.47 Å². The van der Waals surface area contributed by atoms with Gasteiger partial charge in [0.2, 0.25) is 0 Å². The molecule has 4 rings (SSSR count). The van der Waals surface area contributed by atoms with Crippen LogP contribution in [0, 0.1) is 0 Å². The molecule has 1 spiro atoms. The van der Waals surface area contributed by atoms with Gasteiger partial charge in [0.1, 0.15) is 12.2 Å². The van der Waals surface area contributed by atoms with Gasteiger partial charge in [0.05, 0.1) is 6.61 Å². The summed E-state index contributed by atoms with van der Waals surface area (Å²) in [5.74, 6) is -1.33. The maximum atomic E-state index is 12.6. The van der Waals surface area contributed by atoms with Crippen LogP contribution in [0.25, 0.3) is 6.08 Å². The van der Waals surface area contributed by atoms with Gasteiger partial charge in [-0.1, -0.05) is 36.2 Å². The molecule has 2 aromatic rings. The van der Waals surface area contributed by atoms with Crippen molar-refractivity contribution in [3.63, 3.8) is 0 Å². The van der Waals surface area contributed by atoms with Gasteiger partial charge in [-0.05, 0) is 61.2 Å². The Labute approximate surface area is 192 Å². The minimum absolute atomic E-state index is 0.126. The molecule has 2 aliphatic rings. The number of hydrogen-bond donors (Lipinski definition) is 0. The van der Waals surface area contributed by atoms with E-state index in [1.807, 2.05) is 19.1 Å². The van der Waals surface area contributed by atoms with Crippen LogP contribution in [0.5, 0.6) is 11.5 Å². The second-order valence-corrected chi connectivity index (χ2v) is 8.30. The number of esters is 2. The molecule has 168 valence electrons. The second-order valence-electron chi connectivity index (χ2n) is 7.86. The van der Waals surface area contributed by atoms with Gasteiger partial charge in [0, 0.05) is 17.9 Å². The largest absolute Gasteiger partial charge is 0.490 e. The van der Waals surface area contributed by atoms with Crippen molar-refractivity contribution in [3.05, 3.63) is 64.2 Å². The summed E-state index contributed by atoms with van der Waals surface area (Å²) < 4.78 is 22.7. The SMILES string of the molecule is CCOc1cc(C=C2C(=O)OC3(CCCCC3)OC2=O)ccc1OCc1ccc(Cl)cc1. The molecule has 2 fully saturated rings. The molecule has 0 atom stereocenters. The van der Waals surface area contributed by atoms with Crippen LogP contribution in [-0.2, 0) is 25.7 Å². The van der Waals surface area contributed by atoms with Crippen molar-refractivity contribution >= 4 is 29.6 Å². The molecular weight excluding hydrogens is 432 g/mol. The van der Waals surface area contributed by atoms with Crippen LogP contribution >= 0.6 is 11.6 Å². The fraction of sp³-hybridized carbons (Fsp3) is 0.360. The predicted molar refractivity (Wildman–Crippen MR) is 119 cm³/mol. The van der Waals surface area contributed by atoms with E-state index in [-0.39, 0.29) is 5.57 Å². The highest BCUT2D eigenvalue weighted by Crippen LogP contribution is 2.38. The highest BCUT2D eigenvalue weighted by atomic mass is 35.5. The number of hydrogen-bond acceptors (Lipinski definition) is 6. The first-order valence-electron chi connectivity index (χ1n) is 10.8. The molecule has 1 heterocycles. The summed E-state index contributed by atoms with van der Waals surface area (Å²) in [6, 6.07) is 12.6. The molecule has 1 aliphatic heterocycles. The maximum Gasteiger partial charge on any atom is 0.348 e. The summed E-state index contributed by atoms with van der Waals surface area (Å²) in [6.45, 7) is 2.65. The first kappa shape index (κ1) is 22.2. The van der Waals surface area contributed by atoms with E-state index in [9.17, 15) is 9.59 Å². The van der Waals surface area contributed by atoms with Crippen molar-refractivity contribution in [3.8, 4) is 11.5 Å². The van der Waals surface area contributed by atoms with Gasteiger partial charge in [-0.15, -0.1) is 0 Å². The highest BCUT2D eigenvalue weighted by molar-refractivity contribution is 6.30. The molecule has 1 saturated carbocycles. The zero-order valence-corrected chi connectivity index (χ0v) is 18.7. The average molecular weight is 457 g/mol. The molecule has 0 radical (unpaired) electrons. The second kappa shape index (κ2) is 9.65. The third-order valence-electron chi connectivity index (χ3n) is 5.50. The monoisotopic (exact) mass is 456 g/mol. The first-order valence-corrected chi connectivity index (χ1v) is 11.2. The van der Waals surface area contributed by atoms with E-state index in [2.05, 4.69) is 0 Å². The molecule has 0 bridgehead atoms. The van der Waals surface area contributed by atoms with Crippen LogP contribution in [0.4, 0.5) is 0 Å². The zero-order valence-electron chi connectivity index (χ0n) is 17.9. The Balaban J connectivity index is 1.51. The van der Waals surface area contributed by atoms with Crippen molar-refractivity contribution in [1.82, 2.24) is 0 Å². The Bertz CT molecular complexity index is 999. The van der Waals surface area contributed by atoms with Gasteiger partial charge in [-0.25, -0.2) is 9.59 Å². The molecule has 0 aromatic heterocycles. The summed E-state index contributed by atoms with van der Waals surface area (Å²) in [4.78, 5) is 25.2. The molecule has 0 N–H and O–H groups in total. The maximum absolute atomic E-state index is 12.6. The van der Waals surface area contributed by atoms with E-state index in [1.165, 1.54) is 6.08 Å². The molecule has 32 heavy (non-hydrogen) atoms. The summed E-state index contributed by atoms with van der Waals surface area (Å²) in [5.41, 5.74) is 1.45. The van der Waals surface area contributed by atoms with Gasteiger partial charge >= 0.3 is 11.9 Å². The van der Waals surface area contributed by atoms with Gasteiger partial charge in [0.25, 0.3) is 5.79 Å². The normalized spacial score (nSPS) is 17.5. The highest BCUT2D eigenvalue weighted by Gasteiger charge is 2.46. The fourth-order valence-electron chi connectivity index (χ4n) is 3.87. The Kier molecular flexibility index (Phi) is 6.70. The number of carbonyl (C=O) groups excluding carboxylic acids is 2. The molecule has 0 amide bonds. The van der Waals surface area contributed by atoms with Crippen molar-refractivity contribution in [2.24, 2.45) is 0 Å². The lowest BCUT2D eigenvalue weighted by atomic mass is 9.93. The molecular formula is C25H25ClO6. The van der Waals surface area contributed by atoms with Gasteiger partial charge < -0.3 is 18.9 Å². The topological polar surface area (TPSA) is 71.1 Å². The van der Waals surface area contributed by atoms with E-state index in [0.29, 0.717) is 48.1 Å². The Hall–Kier alpha value is -2.99. The predicted octanol–water partition coefficient (Wildman–Crippen LogP) is 5.46. The smallest absolute Gasteiger partial charge is 0.348 e. The fourth-order valence-corrected chi connectivity index (χ4v) is 4.00. The van der Waals surface area contributed by atoms with Crippen LogP contribution in [0.3, 0.4) is 0 Å². The third-order valence-corrected chi connectivity index (χ3v) is 5.75. The first-order chi connectivity index (χ1) is 15.5. The molecule has 2 aromatic carbocycles. The lowest BCUT2D eigenvalue weighted by molar-refractivity contribution is -0.244. The minimum Gasteiger partial charge on any atom is -0.490 e. The van der Waals surface area contributed by atoms with Gasteiger partial charge in [-0.3, -0.25) is 0 Å². The van der Waals surface area contributed by atoms with Crippen molar-refractivity contribution in [2.75, 3.05) is 6.61 Å². The van der Waals surface area contributed by atoms with Crippen LogP contribution in [-0.4, -0.2) is 24.3 Å². The number of halogens is 1. The summed E-state index contributed by atoms with van der Waals surface area (Å²) in [5, 5.41) is 0.662. The van der Waals surface area contributed by atoms with E-state index in [0.717, 1.165) is 24.8 Å². The Morgan fingerprint density at radius 2 is 1.62 bits per heavy atom. The van der Waals surface area contributed by atoms with Crippen LogP contribution in [0.2, 0.25) is 5.02 Å². The van der Waals surface area contributed by atoms with Gasteiger partial charge in [-0.2, -0.15) is 0 Å². The number of carbonyl (C=O) groups is 2. The lowest BCUT2D eigenvalue weighted by Gasteiger charge is -2.38. The van der Waals surface area contributed by atoms with Crippen molar-refractivity contribution in [1.29, 1.82) is 0 Å². The van der Waals surface area contributed by atoms with E-state index < -0.39 is 17.7 Å². The van der Waals surface area contributed by atoms with E-state index in [4.69, 9.17) is 30.5 Å². The average Bonchev–Trinajstić information content (AvgIpc) is 2.77. The van der Waals surface area contributed by atoms with Crippen LogP contribution in [0.1, 0.15) is 50.2 Å². The van der Waals surface area contributed by atoms with Crippen LogP contribution in [0.15, 0.2) is 48.0 Å². The number of ether oxygens (including phenoxy) is 4. The quantitative estimate of drug-likeness (QED) is 0.326. The van der Waals surface area contributed by atoms with Gasteiger partial charge in [0.15, 0.2) is 11.5 Å². The summed E-state index contributed by atoms with van der Waals surface area (Å²) in [7, 11) is 0. The molecule has 1 saturated heterocycles. The molecule has 6 nitrogen and oxygen atoms in total. The summed E-state index contributed by atoms with van der Waals surface area (Å²) >= 11 is 5.92. The zero-order chi connectivity index (χ0) is 22.6. The summed E-state index contributed by atoms with van der Waals surface area (Å²) in [6.07, 6.45) is 5.35. The van der Waals surface area contributed by atoms with Crippen molar-refractivity contribution in [2.45, 2.75) is 51.4 Å². The number of rotatable bonds is 6. The lowest BCUT2D eigenvalue weighted by Crippen LogP contribution is -2.47. The van der Waals surface area contributed by atoms with E-state index >= 15 is 0 Å². The minimum atomic E-state index is -1.10. The van der Waals surface area contributed by atoms with E-state index in [1.54, 1.807) is 30.3 Å². The van der Waals surface area contributed by atoms with Crippen molar-refractivity contribution < 1.29 is 28.5 Å². The number of benzene rings is 2. The molecule has 0 unspecified atom stereocenters. The molecule has 7 heteroatoms. The standard InChI is InChI=1S/C25H25ClO6/c1-2-29-22-15-18(8-11-21(22)30-16-17-6-9-19(26)10-7-17)14-20-23(27)31-25(32-24(20)28)12-4-3-5-13-25/h6-11,14-15H,2-5,12-13,16H2,1H3.